The van der Waals surface area contributed by atoms with E-state index in [2.05, 4.69) is 20.8 Å². The van der Waals surface area contributed by atoms with Gasteiger partial charge in [-0.2, -0.15) is 18.3 Å². The molecule has 1 aliphatic heterocycles. The largest absolute Gasteiger partial charge is 0.497 e. The van der Waals surface area contributed by atoms with E-state index in [4.69, 9.17) is 4.74 Å². The van der Waals surface area contributed by atoms with Crippen LogP contribution in [0.5, 0.6) is 5.75 Å². The summed E-state index contributed by atoms with van der Waals surface area (Å²) in [4.78, 5) is 24.4. The van der Waals surface area contributed by atoms with Crippen molar-refractivity contribution in [2.45, 2.75) is 24.8 Å². The summed E-state index contributed by atoms with van der Waals surface area (Å²) < 4.78 is 44.3. The summed E-state index contributed by atoms with van der Waals surface area (Å²) in [6.45, 7) is 1.75. The topological polar surface area (TPSA) is 92.2 Å². The minimum atomic E-state index is -4.61. The van der Waals surface area contributed by atoms with Gasteiger partial charge in [0.1, 0.15) is 11.0 Å². The molecule has 3 rings (SSSR count). The second-order valence-electron chi connectivity index (χ2n) is 6.71. The summed E-state index contributed by atoms with van der Waals surface area (Å²) in [7, 11) is 1.56. The normalized spacial score (nSPS) is 17.9. The van der Waals surface area contributed by atoms with Crippen LogP contribution < -0.4 is 15.4 Å². The fourth-order valence-corrected chi connectivity index (χ4v) is 3.72. The molecule has 2 N–H and O–H groups in total. The first kappa shape index (κ1) is 23.3. The van der Waals surface area contributed by atoms with Crippen molar-refractivity contribution < 1.29 is 27.5 Å². The molecule has 1 aliphatic rings. The number of hydrogen-bond donors (Lipinski definition) is 2. The van der Waals surface area contributed by atoms with Crippen molar-refractivity contribution >= 4 is 40.1 Å². The summed E-state index contributed by atoms with van der Waals surface area (Å²) in [6, 6.07) is 11.8. The highest BCUT2D eigenvalue weighted by atomic mass is 32.2. The minimum absolute atomic E-state index is 0.205. The number of thioether (sulfide) groups is 1. The Bertz CT molecular complexity index is 1070. The van der Waals surface area contributed by atoms with E-state index in [9.17, 15) is 22.8 Å². The Kier molecular flexibility index (Phi) is 7.18. The highest BCUT2D eigenvalue weighted by Gasteiger charge is 2.35. The van der Waals surface area contributed by atoms with E-state index in [1.165, 1.54) is 12.1 Å². The van der Waals surface area contributed by atoms with Crippen molar-refractivity contribution in [2.24, 2.45) is 10.2 Å². The van der Waals surface area contributed by atoms with E-state index >= 15 is 0 Å². The molecular formula is C21H19F3N4O3S. The maximum atomic E-state index is 13.1. The third-order valence-electron chi connectivity index (χ3n) is 4.45. The number of benzene rings is 2. The number of carbonyl (C=O) groups excluding carboxylic acids is 2. The van der Waals surface area contributed by atoms with Crippen molar-refractivity contribution in [3.63, 3.8) is 0 Å². The number of para-hydroxylation sites is 1. The number of methoxy groups -OCH3 is 1. The Hall–Kier alpha value is -3.34. The monoisotopic (exact) mass is 464 g/mol. The molecule has 1 heterocycles. The molecule has 0 radical (unpaired) electrons. The predicted molar refractivity (Wildman–Crippen MR) is 117 cm³/mol. The number of anilines is 1. The van der Waals surface area contributed by atoms with Crippen molar-refractivity contribution in [1.82, 2.24) is 5.32 Å². The number of hydrogen-bond acceptors (Lipinski definition) is 6. The van der Waals surface area contributed by atoms with Gasteiger partial charge < -0.3 is 15.4 Å². The van der Waals surface area contributed by atoms with Crippen LogP contribution in [-0.4, -0.2) is 35.1 Å². The molecule has 1 saturated heterocycles. The highest BCUT2D eigenvalue weighted by molar-refractivity contribution is 8.15. The summed E-state index contributed by atoms with van der Waals surface area (Å²) in [6.07, 6.45) is -4.92. The molecule has 0 saturated carbocycles. The zero-order valence-corrected chi connectivity index (χ0v) is 17.9. The molecule has 2 aromatic rings. The zero-order valence-electron chi connectivity index (χ0n) is 17.1. The van der Waals surface area contributed by atoms with Crippen LogP contribution in [0.25, 0.3) is 0 Å². The maximum absolute atomic E-state index is 13.1. The molecule has 0 bridgehead atoms. The van der Waals surface area contributed by atoms with E-state index in [0.29, 0.717) is 11.5 Å². The summed E-state index contributed by atoms with van der Waals surface area (Å²) in [5.74, 6) is -0.482. The molecule has 32 heavy (non-hydrogen) atoms. The van der Waals surface area contributed by atoms with E-state index in [-0.39, 0.29) is 17.3 Å². The number of rotatable bonds is 6. The molecule has 1 atom stereocenters. The number of carbonyl (C=O) groups is 2. The van der Waals surface area contributed by atoms with Gasteiger partial charge in [-0.3, -0.25) is 9.59 Å². The van der Waals surface area contributed by atoms with Crippen molar-refractivity contribution in [1.29, 1.82) is 0 Å². The summed E-state index contributed by atoms with van der Waals surface area (Å²) in [5, 5.41) is 12.2. The van der Waals surface area contributed by atoms with Crippen LogP contribution in [0.15, 0.2) is 58.7 Å². The number of alkyl halides is 3. The average molecular weight is 464 g/mol. The maximum Gasteiger partial charge on any atom is 0.418 e. The Morgan fingerprint density at radius 3 is 2.53 bits per heavy atom. The molecular weight excluding hydrogens is 445 g/mol. The van der Waals surface area contributed by atoms with Crippen LogP contribution in [0.1, 0.15) is 24.5 Å². The van der Waals surface area contributed by atoms with Gasteiger partial charge in [0.05, 0.1) is 24.1 Å². The third kappa shape index (κ3) is 5.88. The molecule has 168 valence electrons. The molecule has 1 fully saturated rings. The number of ether oxygens (including phenoxy) is 1. The molecule has 0 aromatic heterocycles. The Balaban J connectivity index is 1.63. The van der Waals surface area contributed by atoms with Gasteiger partial charge in [0, 0.05) is 6.42 Å². The van der Waals surface area contributed by atoms with Crippen LogP contribution in [0.3, 0.4) is 0 Å². The van der Waals surface area contributed by atoms with E-state index < -0.39 is 28.8 Å². The molecule has 0 spiro atoms. The molecule has 1 unspecified atom stereocenters. The Morgan fingerprint density at radius 2 is 1.88 bits per heavy atom. The number of halogens is 3. The lowest BCUT2D eigenvalue weighted by Gasteiger charge is -2.14. The molecule has 0 aliphatic carbocycles. The lowest BCUT2D eigenvalue weighted by molar-refractivity contribution is -0.137. The number of amidine groups is 1. The average Bonchev–Trinajstić information content (AvgIpc) is 3.10. The quantitative estimate of drug-likeness (QED) is 0.498. The lowest BCUT2D eigenvalue weighted by atomic mass is 10.1. The van der Waals surface area contributed by atoms with E-state index in [1.807, 2.05) is 12.1 Å². The molecule has 2 aromatic carbocycles. The van der Waals surface area contributed by atoms with Crippen LogP contribution >= 0.6 is 11.8 Å². The first-order chi connectivity index (χ1) is 15.2. The van der Waals surface area contributed by atoms with Gasteiger partial charge in [-0.05, 0) is 48.9 Å². The third-order valence-corrected chi connectivity index (χ3v) is 5.52. The number of nitrogens with one attached hydrogen (secondary N) is 2. The second kappa shape index (κ2) is 9.86. The molecule has 2 amide bonds. The van der Waals surface area contributed by atoms with Gasteiger partial charge in [0.25, 0.3) is 0 Å². The van der Waals surface area contributed by atoms with Gasteiger partial charge in [-0.25, -0.2) is 0 Å². The standard InChI is InChI=1S/C21H19F3N4O3S/c1-12(13-7-9-14(31-2)10-8-13)27-28-20-26-19(30)17(32-20)11-18(29)25-16-6-4-3-5-15(16)21(22,23)24/h3-10,17H,11H2,1-2H3,(H,25,29)(H,26,28,30)/b27-12+. The van der Waals surface area contributed by atoms with Crippen LogP contribution in [0.4, 0.5) is 18.9 Å². The SMILES string of the molecule is COc1ccc(/C(C)=N/N=C2/NC(=O)C(CC(=O)Nc3ccccc3C(F)(F)F)S2)cc1. The minimum Gasteiger partial charge on any atom is -0.497 e. The lowest BCUT2D eigenvalue weighted by Crippen LogP contribution is -2.28. The molecule has 11 heteroatoms. The highest BCUT2D eigenvalue weighted by Crippen LogP contribution is 2.34. The van der Waals surface area contributed by atoms with Gasteiger partial charge >= 0.3 is 6.18 Å². The van der Waals surface area contributed by atoms with Gasteiger partial charge in [-0.15, -0.1) is 5.10 Å². The molecule has 7 nitrogen and oxygen atoms in total. The van der Waals surface area contributed by atoms with Gasteiger partial charge in [0.15, 0.2) is 5.17 Å². The predicted octanol–water partition coefficient (Wildman–Crippen LogP) is 4.05. The van der Waals surface area contributed by atoms with E-state index in [0.717, 1.165) is 29.5 Å². The fourth-order valence-electron chi connectivity index (χ4n) is 2.81. The smallest absolute Gasteiger partial charge is 0.418 e. The van der Waals surface area contributed by atoms with Crippen LogP contribution in [0, 0.1) is 0 Å². The van der Waals surface area contributed by atoms with Crippen LogP contribution in [0.2, 0.25) is 0 Å². The number of nitrogens with zero attached hydrogens (tertiary/aromatic N) is 2. The fraction of sp³-hybridized carbons (Fsp3) is 0.238. The zero-order chi connectivity index (χ0) is 23.3. The Morgan fingerprint density at radius 1 is 1.19 bits per heavy atom. The van der Waals surface area contributed by atoms with Crippen molar-refractivity contribution in [3.05, 3.63) is 59.7 Å². The Labute approximate surface area is 186 Å². The van der Waals surface area contributed by atoms with Crippen LogP contribution in [-0.2, 0) is 15.8 Å². The van der Waals surface area contributed by atoms with Crippen molar-refractivity contribution in [3.8, 4) is 5.75 Å². The van der Waals surface area contributed by atoms with E-state index in [1.54, 1.807) is 26.2 Å². The first-order valence-electron chi connectivity index (χ1n) is 9.37. The summed E-state index contributed by atoms with van der Waals surface area (Å²) >= 11 is 0.990. The number of amides is 2. The van der Waals surface area contributed by atoms with Gasteiger partial charge in [0.2, 0.25) is 11.8 Å². The van der Waals surface area contributed by atoms with Crippen molar-refractivity contribution in [2.75, 3.05) is 12.4 Å². The van der Waals surface area contributed by atoms with Gasteiger partial charge in [-0.1, -0.05) is 23.9 Å². The first-order valence-corrected chi connectivity index (χ1v) is 10.3. The second-order valence-corrected chi connectivity index (χ2v) is 7.90. The summed E-state index contributed by atoms with van der Waals surface area (Å²) in [5.41, 5.74) is 0.0909.